The number of carbonyl (C=O) groups excluding carboxylic acids is 1. The monoisotopic (exact) mass is 304 g/mol. The molecule has 1 aromatic heterocycles. The van der Waals surface area contributed by atoms with Crippen LogP contribution in [0.4, 0.5) is 0 Å². The summed E-state index contributed by atoms with van der Waals surface area (Å²) in [6.07, 6.45) is 1.24. The molecule has 0 atom stereocenters. The van der Waals surface area contributed by atoms with E-state index in [0.717, 1.165) is 0 Å². The molecule has 114 valence electrons. The van der Waals surface area contributed by atoms with E-state index in [1.54, 1.807) is 6.07 Å². The lowest BCUT2D eigenvalue weighted by molar-refractivity contribution is 0.0681. The van der Waals surface area contributed by atoms with Gasteiger partial charge in [-0.05, 0) is 12.1 Å². The molecule has 9 heteroatoms. The third-order valence-corrected chi connectivity index (χ3v) is 2.79. The molecule has 22 heavy (non-hydrogen) atoms. The first-order valence-electron chi connectivity index (χ1n) is 6.23. The number of rotatable bonds is 6. The van der Waals surface area contributed by atoms with Gasteiger partial charge in [-0.1, -0.05) is 17.3 Å². The topological polar surface area (TPSA) is 134 Å². The van der Waals surface area contributed by atoms with Crippen molar-refractivity contribution in [3.63, 3.8) is 0 Å². The number of benzene rings is 1. The van der Waals surface area contributed by atoms with Crippen molar-refractivity contribution in [2.45, 2.75) is 6.54 Å². The summed E-state index contributed by atoms with van der Waals surface area (Å²) in [5.74, 6) is -2.91. The van der Waals surface area contributed by atoms with Gasteiger partial charge in [0.15, 0.2) is 5.69 Å². The van der Waals surface area contributed by atoms with Crippen molar-refractivity contribution in [2.24, 2.45) is 0 Å². The summed E-state index contributed by atoms with van der Waals surface area (Å²) in [7, 11) is 0. The van der Waals surface area contributed by atoms with E-state index in [9.17, 15) is 14.4 Å². The van der Waals surface area contributed by atoms with Crippen LogP contribution in [-0.2, 0) is 6.54 Å². The maximum absolute atomic E-state index is 12.0. The molecule has 0 aliphatic heterocycles. The van der Waals surface area contributed by atoms with E-state index in [0.29, 0.717) is 0 Å². The van der Waals surface area contributed by atoms with Gasteiger partial charge in [-0.15, -0.1) is 5.10 Å². The third kappa shape index (κ3) is 3.45. The van der Waals surface area contributed by atoms with Crippen molar-refractivity contribution >= 4 is 17.8 Å². The van der Waals surface area contributed by atoms with Gasteiger partial charge in [0.1, 0.15) is 0 Å². The van der Waals surface area contributed by atoms with E-state index in [1.165, 1.54) is 29.1 Å². The molecule has 3 N–H and O–H groups in total. The van der Waals surface area contributed by atoms with Gasteiger partial charge in [-0.2, -0.15) is 0 Å². The Morgan fingerprint density at radius 3 is 2.36 bits per heavy atom. The number of carboxylic acids is 2. The Hall–Kier alpha value is -3.23. The predicted molar refractivity (Wildman–Crippen MR) is 72.7 cm³/mol. The van der Waals surface area contributed by atoms with Crippen LogP contribution in [-0.4, -0.2) is 49.6 Å². The summed E-state index contributed by atoms with van der Waals surface area (Å²) in [5, 5.41) is 27.3. The minimum atomic E-state index is -1.19. The van der Waals surface area contributed by atoms with Crippen LogP contribution in [0, 0.1) is 0 Å². The average Bonchev–Trinajstić information content (AvgIpc) is 2.96. The molecule has 0 unspecified atom stereocenters. The summed E-state index contributed by atoms with van der Waals surface area (Å²) < 4.78 is 1.27. The minimum Gasteiger partial charge on any atom is -0.478 e. The molecule has 1 amide bonds. The largest absolute Gasteiger partial charge is 0.478 e. The van der Waals surface area contributed by atoms with Crippen LogP contribution in [0.2, 0.25) is 0 Å². The summed E-state index contributed by atoms with van der Waals surface area (Å²) in [4.78, 5) is 33.6. The maximum Gasteiger partial charge on any atom is 0.358 e. The molecular formula is C13H12N4O5. The number of aromatic carboxylic acids is 2. The van der Waals surface area contributed by atoms with Gasteiger partial charge in [-0.25, -0.2) is 14.3 Å². The van der Waals surface area contributed by atoms with E-state index in [-0.39, 0.29) is 29.9 Å². The number of hydrogen-bond acceptors (Lipinski definition) is 5. The molecule has 0 spiro atoms. The van der Waals surface area contributed by atoms with Crippen molar-refractivity contribution in [3.8, 4) is 0 Å². The van der Waals surface area contributed by atoms with Gasteiger partial charge >= 0.3 is 11.9 Å². The molecule has 0 aliphatic carbocycles. The van der Waals surface area contributed by atoms with Crippen molar-refractivity contribution in [1.82, 2.24) is 20.3 Å². The van der Waals surface area contributed by atoms with Crippen molar-refractivity contribution in [3.05, 3.63) is 47.3 Å². The number of hydrogen-bond donors (Lipinski definition) is 3. The Morgan fingerprint density at radius 2 is 1.77 bits per heavy atom. The third-order valence-electron chi connectivity index (χ3n) is 2.79. The fourth-order valence-electron chi connectivity index (χ4n) is 1.75. The van der Waals surface area contributed by atoms with E-state index < -0.39 is 17.8 Å². The maximum atomic E-state index is 12.0. The molecule has 0 radical (unpaired) electrons. The quantitative estimate of drug-likeness (QED) is 0.689. The SMILES string of the molecule is O=C(O)c1cn(CCNC(=O)c2ccccc2C(=O)O)nn1. The first-order chi connectivity index (χ1) is 10.5. The van der Waals surface area contributed by atoms with Gasteiger partial charge < -0.3 is 15.5 Å². The first kappa shape index (κ1) is 15.2. The fraction of sp³-hybridized carbons (Fsp3) is 0.154. The van der Waals surface area contributed by atoms with Crippen LogP contribution >= 0.6 is 0 Å². The lowest BCUT2D eigenvalue weighted by Crippen LogP contribution is -2.28. The Morgan fingerprint density at radius 1 is 1.09 bits per heavy atom. The van der Waals surface area contributed by atoms with Crippen molar-refractivity contribution < 1.29 is 24.6 Å². The van der Waals surface area contributed by atoms with Gasteiger partial charge in [-0.3, -0.25) is 4.79 Å². The molecular weight excluding hydrogens is 292 g/mol. The smallest absolute Gasteiger partial charge is 0.358 e. The number of nitrogens with zero attached hydrogens (tertiary/aromatic N) is 3. The van der Waals surface area contributed by atoms with Crippen LogP contribution in [0.1, 0.15) is 31.2 Å². The first-order valence-corrected chi connectivity index (χ1v) is 6.23. The summed E-state index contributed by atoms with van der Waals surface area (Å²) >= 11 is 0. The van der Waals surface area contributed by atoms with Crippen LogP contribution in [0.5, 0.6) is 0 Å². The van der Waals surface area contributed by atoms with Crippen LogP contribution < -0.4 is 5.32 Å². The Bertz CT molecular complexity index is 725. The molecule has 2 aromatic rings. The minimum absolute atomic E-state index is 0.0554. The standard InChI is InChI=1S/C13H12N4O5/c18-11(8-3-1-2-4-9(8)12(19)20)14-5-6-17-7-10(13(21)22)15-16-17/h1-4,7H,5-6H2,(H,14,18)(H,19,20)(H,21,22). The molecule has 2 rings (SSSR count). The lowest BCUT2D eigenvalue weighted by Gasteiger charge is -2.07. The number of nitrogens with one attached hydrogen (secondary N) is 1. The highest BCUT2D eigenvalue weighted by atomic mass is 16.4. The summed E-state index contributed by atoms with van der Waals surface area (Å²) in [5.41, 5.74) is -0.226. The molecule has 0 bridgehead atoms. The zero-order valence-electron chi connectivity index (χ0n) is 11.3. The predicted octanol–water partition coefficient (Wildman–Crippen LogP) is 0.104. The number of amides is 1. The lowest BCUT2D eigenvalue weighted by atomic mass is 10.1. The highest BCUT2D eigenvalue weighted by Crippen LogP contribution is 2.08. The summed E-state index contributed by atoms with van der Waals surface area (Å²) in [6, 6.07) is 5.85. The molecule has 1 heterocycles. The van der Waals surface area contributed by atoms with Gasteiger partial charge in [0.25, 0.3) is 5.91 Å². The highest BCUT2D eigenvalue weighted by Gasteiger charge is 2.15. The number of aromatic nitrogens is 3. The van der Waals surface area contributed by atoms with Gasteiger partial charge in [0.05, 0.1) is 23.9 Å². The average molecular weight is 304 g/mol. The Kier molecular flexibility index (Phi) is 4.47. The number of carboxylic acid groups (broad SMARTS) is 2. The van der Waals surface area contributed by atoms with E-state index in [4.69, 9.17) is 10.2 Å². The van der Waals surface area contributed by atoms with Crippen molar-refractivity contribution in [1.29, 1.82) is 0 Å². The van der Waals surface area contributed by atoms with Crippen LogP contribution in [0.3, 0.4) is 0 Å². The van der Waals surface area contributed by atoms with E-state index in [2.05, 4.69) is 15.6 Å². The molecule has 0 fully saturated rings. The second-order valence-electron chi connectivity index (χ2n) is 4.28. The Balaban J connectivity index is 1.95. The molecule has 1 aromatic carbocycles. The zero-order chi connectivity index (χ0) is 16.1. The fourth-order valence-corrected chi connectivity index (χ4v) is 1.75. The molecule has 0 saturated heterocycles. The second kappa shape index (κ2) is 6.48. The molecule has 9 nitrogen and oxygen atoms in total. The van der Waals surface area contributed by atoms with Crippen LogP contribution in [0.15, 0.2) is 30.5 Å². The molecule has 0 saturated carbocycles. The van der Waals surface area contributed by atoms with Gasteiger partial charge in [0, 0.05) is 6.54 Å². The normalized spacial score (nSPS) is 10.2. The van der Waals surface area contributed by atoms with Crippen LogP contribution in [0.25, 0.3) is 0 Å². The Labute approximate surface area is 124 Å². The highest BCUT2D eigenvalue weighted by molar-refractivity contribution is 6.04. The van der Waals surface area contributed by atoms with Gasteiger partial charge in [0.2, 0.25) is 0 Å². The van der Waals surface area contributed by atoms with E-state index >= 15 is 0 Å². The number of carbonyl (C=O) groups is 3. The molecule has 0 aliphatic rings. The van der Waals surface area contributed by atoms with Crippen molar-refractivity contribution in [2.75, 3.05) is 6.54 Å². The summed E-state index contributed by atoms with van der Waals surface area (Å²) in [6.45, 7) is 0.358. The second-order valence-corrected chi connectivity index (χ2v) is 4.28. The zero-order valence-corrected chi connectivity index (χ0v) is 11.3. The van der Waals surface area contributed by atoms with E-state index in [1.807, 2.05) is 0 Å².